The molecule has 0 spiro atoms. The van der Waals surface area contributed by atoms with Crippen LogP contribution in [-0.4, -0.2) is 81.9 Å². The molecule has 1 aromatic rings. The van der Waals surface area contributed by atoms with Gasteiger partial charge < -0.3 is 31.3 Å². The number of aryl methyl sites for hydroxylation is 1. The van der Waals surface area contributed by atoms with Gasteiger partial charge in [-0.05, 0) is 83.4 Å². The molecular formula is C35H57N5O7S. The van der Waals surface area contributed by atoms with Gasteiger partial charge in [-0.1, -0.05) is 64.2 Å². The second-order valence-corrected chi connectivity index (χ2v) is 15.3. The van der Waals surface area contributed by atoms with Gasteiger partial charge >= 0.3 is 6.09 Å². The number of carbonyl (C=O) groups excluding carboxylic acids is 5. The predicted octanol–water partition coefficient (Wildman–Crippen LogP) is 3.71. The molecule has 13 heteroatoms. The first-order valence-corrected chi connectivity index (χ1v) is 18.5. The second kappa shape index (κ2) is 19.6. The maximum atomic E-state index is 14.1. The normalized spacial score (nSPS) is 16.3. The highest BCUT2D eigenvalue weighted by atomic mass is 32.2. The first-order valence-electron chi connectivity index (χ1n) is 17.1. The highest BCUT2D eigenvalue weighted by Gasteiger charge is 2.39. The highest BCUT2D eigenvalue weighted by Crippen LogP contribution is 2.28. The van der Waals surface area contributed by atoms with Crippen LogP contribution in [0.15, 0.2) is 29.2 Å². The average molecular weight is 692 g/mol. The number of rotatable bonds is 18. The van der Waals surface area contributed by atoms with E-state index in [9.17, 15) is 28.2 Å². The summed E-state index contributed by atoms with van der Waals surface area (Å²) in [6, 6.07) is 4.01. The third kappa shape index (κ3) is 12.9. The number of carbonyl (C=O) groups is 5. The molecule has 4 amide bonds. The molecule has 4 atom stereocenters. The van der Waals surface area contributed by atoms with Crippen LogP contribution >= 0.6 is 0 Å². The minimum absolute atomic E-state index is 0.0489. The van der Waals surface area contributed by atoms with Crippen LogP contribution < -0.4 is 21.7 Å². The molecule has 48 heavy (non-hydrogen) atoms. The van der Waals surface area contributed by atoms with Gasteiger partial charge in [0.05, 0.1) is 22.7 Å². The van der Waals surface area contributed by atoms with Gasteiger partial charge in [0.1, 0.15) is 17.7 Å². The van der Waals surface area contributed by atoms with Crippen LogP contribution in [-0.2, 0) is 34.7 Å². The Balaban J connectivity index is 2.21. The lowest BCUT2D eigenvalue weighted by atomic mass is 9.83. The minimum Gasteiger partial charge on any atom is -0.443 e. The van der Waals surface area contributed by atoms with Crippen LogP contribution in [0, 0.1) is 18.8 Å². The Hall–Kier alpha value is -3.32. The molecule has 0 aliphatic heterocycles. The molecule has 1 aliphatic rings. The number of nitrogens with two attached hydrogens (primary N) is 1. The summed E-state index contributed by atoms with van der Waals surface area (Å²) in [5, 5.41) is 7.98. The second-order valence-electron chi connectivity index (χ2n) is 13.8. The Kier molecular flexibility index (Phi) is 16.7. The van der Waals surface area contributed by atoms with Gasteiger partial charge in [-0.15, -0.1) is 0 Å². The molecular weight excluding hydrogens is 634 g/mol. The number of alkyl carbamates (subject to hydrolysis) is 1. The first kappa shape index (κ1) is 40.9. The van der Waals surface area contributed by atoms with E-state index in [4.69, 9.17) is 10.5 Å². The Labute approximate surface area is 288 Å². The molecule has 270 valence electrons. The SMILES string of the molecule is CCCC(C(=O)NC(CC(C)C)C(=O)C(=O)NCS(=O)c1ccc(C)cc1)N(C)C(=O)C(NC(=O)OC(C)(C)CCN)C1CCCCC1. The van der Waals surface area contributed by atoms with Crippen LogP contribution in [0.25, 0.3) is 0 Å². The lowest BCUT2D eigenvalue weighted by Gasteiger charge is -2.36. The van der Waals surface area contributed by atoms with Gasteiger partial charge in [0.15, 0.2) is 0 Å². The van der Waals surface area contributed by atoms with Crippen LogP contribution in [0.5, 0.6) is 0 Å². The molecule has 4 unspecified atom stereocenters. The Morgan fingerprint density at radius 2 is 1.67 bits per heavy atom. The third-order valence-electron chi connectivity index (χ3n) is 8.67. The summed E-state index contributed by atoms with van der Waals surface area (Å²) >= 11 is 0. The van der Waals surface area contributed by atoms with Crippen molar-refractivity contribution in [3.05, 3.63) is 29.8 Å². The van der Waals surface area contributed by atoms with Gasteiger partial charge in [-0.3, -0.25) is 23.4 Å². The van der Waals surface area contributed by atoms with Crippen molar-refractivity contribution in [2.45, 2.75) is 128 Å². The number of amides is 4. The quantitative estimate of drug-likeness (QED) is 0.168. The fourth-order valence-electron chi connectivity index (χ4n) is 5.92. The summed E-state index contributed by atoms with van der Waals surface area (Å²) in [6.07, 6.45) is 5.14. The molecule has 0 aromatic heterocycles. The summed E-state index contributed by atoms with van der Waals surface area (Å²) in [5.41, 5.74) is 5.85. The number of ketones is 1. The van der Waals surface area contributed by atoms with Crippen molar-refractivity contribution in [2.75, 3.05) is 19.5 Å². The summed E-state index contributed by atoms with van der Waals surface area (Å²) in [5.74, 6) is -3.24. The minimum atomic E-state index is -1.56. The maximum Gasteiger partial charge on any atom is 0.408 e. The molecule has 1 saturated carbocycles. The molecule has 0 saturated heterocycles. The van der Waals surface area contributed by atoms with Crippen LogP contribution in [0.2, 0.25) is 0 Å². The fourth-order valence-corrected chi connectivity index (χ4v) is 6.79. The van der Waals surface area contributed by atoms with Gasteiger partial charge in [-0.2, -0.15) is 0 Å². The van der Waals surface area contributed by atoms with Gasteiger partial charge in [0.25, 0.3) is 5.91 Å². The molecule has 5 N–H and O–H groups in total. The van der Waals surface area contributed by atoms with Crippen LogP contribution in [0.3, 0.4) is 0 Å². The van der Waals surface area contributed by atoms with E-state index in [1.165, 1.54) is 11.9 Å². The number of hydrogen-bond donors (Lipinski definition) is 4. The largest absolute Gasteiger partial charge is 0.443 e. The summed E-state index contributed by atoms with van der Waals surface area (Å²) in [7, 11) is -0.0401. The lowest BCUT2D eigenvalue weighted by molar-refractivity contribution is -0.144. The standard InChI is InChI=1S/C35H57N5O7S/c1-8-12-28(40(7)33(44)29(25-13-10-9-11-14-25)39-34(45)47-35(5,6)19-20-36)31(42)38-27(21-23(2)3)30(41)32(43)37-22-48(46)26-17-15-24(4)16-18-26/h15-18,23,25,27-29H,8-14,19-22,36H2,1-7H3,(H,37,43)(H,38,42)(H,39,45). The van der Waals surface area contributed by atoms with Crippen molar-refractivity contribution in [1.82, 2.24) is 20.9 Å². The van der Waals surface area contributed by atoms with E-state index < -0.39 is 64.1 Å². The smallest absolute Gasteiger partial charge is 0.408 e. The number of ether oxygens (including phenoxy) is 1. The molecule has 1 aliphatic carbocycles. The van der Waals surface area contributed by atoms with Crippen LogP contribution in [0.4, 0.5) is 4.79 Å². The van der Waals surface area contributed by atoms with E-state index in [2.05, 4.69) is 16.0 Å². The number of benzene rings is 1. The summed E-state index contributed by atoms with van der Waals surface area (Å²) in [6.45, 7) is 11.4. The molecule has 1 fully saturated rings. The highest BCUT2D eigenvalue weighted by molar-refractivity contribution is 7.85. The van der Waals surface area contributed by atoms with Crippen molar-refractivity contribution in [1.29, 1.82) is 0 Å². The van der Waals surface area contributed by atoms with E-state index in [1.54, 1.807) is 26.0 Å². The van der Waals surface area contributed by atoms with Crippen molar-refractivity contribution in [2.24, 2.45) is 17.6 Å². The molecule has 12 nitrogen and oxygen atoms in total. The average Bonchev–Trinajstić information content (AvgIpc) is 3.03. The van der Waals surface area contributed by atoms with E-state index in [-0.39, 0.29) is 24.1 Å². The third-order valence-corrected chi connectivity index (χ3v) is 9.87. The molecule has 0 bridgehead atoms. The number of hydrogen-bond acceptors (Lipinski definition) is 8. The van der Waals surface area contributed by atoms with Gasteiger partial charge in [0, 0.05) is 11.9 Å². The zero-order chi connectivity index (χ0) is 36.0. The van der Waals surface area contributed by atoms with E-state index >= 15 is 0 Å². The topological polar surface area (TPSA) is 177 Å². The zero-order valence-corrected chi connectivity index (χ0v) is 30.6. The maximum absolute atomic E-state index is 14.1. The van der Waals surface area contributed by atoms with Crippen molar-refractivity contribution >= 4 is 40.4 Å². The monoisotopic (exact) mass is 691 g/mol. The number of nitrogens with zero attached hydrogens (tertiary/aromatic N) is 1. The number of nitrogens with one attached hydrogen (secondary N) is 3. The van der Waals surface area contributed by atoms with Crippen LogP contribution in [0.1, 0.15) is 98.0 Å². The van der Waals surface area contributed by atoms with Crippen molar-refractivity contribution < 1.29 is 32.9 Å². The molecule has 2 rings (SSSR count). The van der Waals surface area contributed by atoms with E-state index in [0.717, 1.165) is 37.7 Å². The summed E-state index contributed by atoms with van der Waals surface area (Å²) in [4.78, 5) is 69.0. The molecule has 0 radical (unpaired) electrons. The van der Waals surface area contributed by atoms with E-state index in [1.807, 2.05) is 39.8 Å². The zero-order valence-electron chi connectivity index (χ0n) is 29.8. The number of Topliss-reactive ketones (excluding diaryl/α,β-unsaturated/α-hetero) is 1. The molecule has 1 aromatic carbocycles. The number of likely N-dealkylation sites (N-methyl/N-ethyl adjacent to an activating group) is 1. The fraction of sp³-hybridized carbons (Fsp3) is 0.686. The summed E-state index contributed by atoms with van der Waals surface area (Å²) < 4.78 is 18.3. The molecule has 0 heterocycles. The Morgan fingerprint density at radius 1 is 1.04 bits per heavy atom. The Bertz CT molecular complexity index is 1260. The van der Waals surface area contributed by atoms with Gasteiger partial charge in [0.2, 0.25) is 17.6 Å². The van der Waals surface area contributed by atoms with Gasteiger partial charge in [-0.25, -0.2) is 4.79 Å². The van der Waals surface area contributed by atoms with Crippen molar-refractivity contribution in [3.8, 4) is 0 Å². The predicted molar refractivity (Wildman–Crippen MR) is 186 cm³/mol. The van der Waals surface area contributed by atoms with E-state index in [0.29, 0.717) is 30.7 Å². The first-order chi connectivity index (χ1) is 22.6. The van der Waals surface area contributed by atoms with Crippen molar-refractivity contribution in [3.63, 3.8) is 0 Å². The Morgan fingerprint density at radius 3 is 2.23 bits per heavy atom. The lowest BCUT2D eigenvalue weighted by Crippen LogP contribution is -2.59.